The molecule has 0 amide bonds. The van der Waals surface area contributed by atoms with Gasteiger partial charge < -0.3 is 10.8 Å². The molecule has 3 aromatic rings. The van der Waals surface area contributed by atoms with Crippen molar-refractivity contribution in [2.24, 2.45) is 10.2 Å². The topological polar surface area (TPSA) is 83.4 Å². The average Bonchev–Trinajstić information content (AvgIpc) is 3.69. The zero-order valence-electron chi connectivity index (χ0n) is 20.9. The van der Waals surface area contributed by atoms with Gasteiger partial charge >= 0.3 is 0 Å². The van der Waals surface area contributed by atoms with E-state index in [9.17, 15) is 5.11 Å². The Morgan fingerprint density at radius 3 is 2.20 bits per heavy atom. The summed E-state index contributed by atoms with van der Waals surface area (Å²) in [6.07, 6.45) is 2.96. The number of rotatable bonds is 8. The molecule has 0 saturated carbocycles. The van der Waals surface area contributed by atoms with Crippen LogP contribution in [0.15, 0.2) is 88.6 Å². The molecule has 0 heterocycles. The van der Waals surface area contributed by atoms with Crippen LogP contribution in [-0.2, 0) is 11.4 Å². The molecule has 0 bridgehead atoms. The number of hydrogen-bond donors (Lipinski definition) is 2. The zero-order chi connectivity index (χ0) is 25.4. The summed E-state index contributed by atoms with van der Waals surface area (Å²) in [5, 5.41) is 18.8. The van der Waals surface area contributed by atoms with Crippen molar-refractivity contribution in [1.29, 1.82) is 0 Å². The molecule has 182 valence electrons. The van der Waals surface area contributed by atoms with Crippen LogP contribution in [0.1, 0.15) is 47.2 Å². The van der Waals surface area contributed by atoms with Crippen molar-refractivity contribution in [2.75, 3.05) is 12.8 Å². The molecule has 4 rings (SSSR count). The van der Waals surface area contributed by atoms with Crippen LogP contribution in [0.3, 0.4) is 0 Å². The maximum Gasteiger partial charge on any atom is 0.139 e. The third-order valence-corrected chi connectivity index (χ3v) is 5.85. The minimum Gasteiger partial charge on any atom is -0.506 e. The maximum atomic E-state index is 9.47. The normalized spacial score (nSPS) is 13.5. The van der Waals surface area contributed by atoms with Crippen molar-refractivity contribution in [3.05, 3.63) is 106 Å². The van der Waals surface area contributed by atoms with E-state index in [-0.39, 0.29) is 11.8 Å². The lowest BCUT2D eigenvalue weighted by Gasteiger charge is -2.24. The van der Waals surface area contributed by atoms with Gasteiger partial charge in [0.15, 0.2) is 0 Å². The van der Waals surface area contributed by atoms with Gasteiger partial charge in [-0.2, -0.15) is 15.3 Å². The minimum atomic E-state index is 0.0607. The van der Waals surface area contributed by atoms with Crippen LogP contribution in [0.4, 0.5) is 5.69 Å². The Labute approximate surface area is 208 Å². The monoisotopic (exact) mass is 470 g/mol. The largest absolute Gasteiger partial charge is 0.506 e. The fourth-order valence-electron chi connectivity index (χ4n) is 3.34. The van der Waals surface area contributed by atoms with E-state index in [0.29, 0.717) is 12.3 Å². The Bertz CT molecular complexity index is 1200. The number of allylic oxidation sites excluding steroid dienone is 2. The first-order chi connectivity index (χ1) is 16.8. The molecule has 0 saturated heterocycles. The number of phenolic OH excluding ortho intramolecular Hbond substituents is 1. The highest BCUT2D eigenvalue weighted by Crippen LogP contribution is 2.28. The molecule has 1 aliphatic rings. The summed E-state index contributed by atoms with van der Waals surface area (Å²) < 4.78 is 0. The van der Waals surface area contributed by atoms with Crippen molar-refractivity contribution >= 4 is 18.1 Å². The number of phenols is 1. The highest BCUT2D eigenvalue weighted by atomic mass is 16.7. The number of aryl methyl sites for hydroxylation is 2. The number of hydroxylamine groups is 2. The number of aromatic hydroxyl groups is 1. The second kappa shape index (κ2) is 12.1. The fourth-order valence-corrected chi connectivity index (χ4v) is 3.34. The Balaban J connectivity index is 0.000000203. The average molecular weight is 471 g/mol. The van der Waals surface area contributed by atoms with Gasteiger partial charge in [-0.1, -0.05) is 71.8 Å². The van der Waals surface area contributed by atoms with Crippen LogP contribution in [0, 0.1) is 13.8 Å². The van der Waals surface area contributed by atoms with Crippen LogP contribution < -0.4 is 5.73 Å². The fraction of sp³-hybridized carbons (Fsp3) is 0.241. The molecule has 35 heavy (non-hydrogen) atoms. The predicted molar refractivity (Wildman–Crippen MR) is 145 cm³/mol. The quantitative estimate of drug-likeness (QED) is 0.179. The molecule has 0 fully saturated rings. The third-order valence-electron chi connectivity index (χ3n) is 5.85. The molecular weight excluding hydrogens is 436 g/mol. The van der Waals surface area contributed by atoms with E-state index < -0.39 is 0 Å². The third kappa shape index (κ3) is 7.64. The lowest BCUT2D eigenvalue weighted by atomic mass is 10.1. The number of nitrogens with zero attached hydrogens (tertiary/aromatic N) is 3. The molecule has 6 heteroatoms. The van der Waals surface area contributed by atoms with E-state index in [2.05, 4.69) is 86.2 Å². The predicted octanol–water partition coefficient (Wildman–Crippen LogP) is 6.14. The van der Waals surface area contributed by atoms with Crippen LogP contribution in [-0.4, -0.2) is 29.6 Å². The minimum absolute atomic E-state index is 0.0607. The molecule has 1 aliphatic carbocycles. The lowest BCUT2D eigenvalue weighted by Crippen LogP contribution is -2.22. The molecule has 3 N–H and O–H groups in total. The van der Waals surface area contributed by atoms with Gasteiger partial charge in [-0.25, -0.2) is 0 Å². The van der Waals surface area contributed by atoms with Gasteiger partial charge in [-0.05, 0) is 56.0 Å². The number of nitrogen functional groups attached to an aromatic ring is 1. The number of nitrogens with two attached hydrogens (primary N) is 1. The van der Waals surface area contributed by atoms with Gasteiger partial charge in [0.05, 0.1) is 24.0 Å². The molecule has 1 atom stereocenters. The van der Waals surface area contributed by atoms with Crippen molar-refractivity contribution < 1.29 is 9.94 Å². The molecule has 0 aromatic heterocycles. The summed E-state index contributed by atoms with van der Waals surface area (Å²) in [5.74, 6) is 0.0607. The number of anilines is 1. The highest BCUT2D eigenvalue weighted by Gasteiger charge is 2.18. The van der Waals surface area contributed by atoms with E-state index in [1.54, 1.807) is 18.2 Å². The summed E-state index contributed by atoms with van der Waals surface area (Å²) in [4.78, 5) is 5.85. The van der Waals surface area contributed by atoms with Gasteiger partial charge in [0.2, 0.25) is 0 Å². The SMILES string of the molecule is C=N/N=C(\C1=CC1)c1ccc(N)c(O)c1.Cc1ccc(CON(C)C(C)c2ccc(C)cc2)cc1. The summed E-state index contributed by atoms with van der Waals surface area (Å²) in [6.45, 7) is 10.3. The van der Waals surface area contributed by atoms with Crippen LogP contribution in [0.25, 0.3) is 0 Å². The highest BCUT2D eigenvalue weighted by molar-refractivity contribution is 6.15. The van der Waals surface area contributed by atoms with Gasteiger partial charge in [0, 0.05) is 19.3 Å². The van der Waals surface area contributed by atoms with Gasteiger partial charge in [0.25, 0.3) is 0 Å². The number of hydrogen-bond acceptors (Lipinski definition) is 6. The molecule has 6 nitrogen and oxygen atoms in total. The van der Waals surface area contributed by atoms with Gasteiger partial charge in [-0.3, -0.25) is 4.84 Å². The molecule has 0 radical (unpaired) electrons. The van der Waals surface area contributed by atoms with E-state index in [0.717, 1.165) is 23.3 Å². The van der Waals surface area contributed by atoms with Crippen LogP contribution in [0.5, 0.6) is 5.75 Å². The van der Waals surface area contributed by atoms with E-state index in [1.165, 1.54) is 22.3 Å². The van der Waals surface area contributed by atoms with Crippen molar-refractivity contribution in [3.8, 4) is 5.75 Å². The molecule has 0 aliphatic heterocycles. The van der Waals surface area contributed by atoms with E-state index in [1.807, 2.05) is 18.2 Å². The summed E-state index contributed by atoms with van der Waals surface area (Å²) >= 11 is 0. The van der Waals surface area contributed by atoms with Crippen LogP contribution >= 0.6 is 0 Å². The van der Waals surface area contributed by atoms with E-state index in [4.69, 9.17) is 10.6 Å². The Morgan fingerprint density at radius 1 is 1.06 bits per heavy atom. The standard InChI is InChI=1S/C18H23NO.C11H11N3O/c1-14-5-9-17(10-6-14)13-20-19(4)16(3)18-11-7-15(2)8-12-18;1-13-14-11(7-2-3-7)8-4-5-9(12)10(15)6-8/h5-12,16H,13H2,1-4H3;2,4-6,15H,1,3,12H2/b;14-11+. The molecule has 0 spiro atoms. The molecular formula is C29H34N4O2. The first-order valence-corrected chi connectivity index (χ1v) is 11.6. The van der Waals surface area contributed by atoms with Crippen LogP contribution in [0.2, 0.25) is 0 Å². The summed E-state index contributed by atoms with van der Waals surface area (Å²) in [7, 11) is 1.98. The van der Waals surface area contributed by atoms with E-state index >= 15 is 0 Å². The summed E-state index contributed by atoms with van der Waals surface area (Å²) in [6, 6.07) is 22.3. The lowest BCUT2D eigenvalue weighted by molar-refractivity contribution is -0.176. The Kier molecular flexibility index (Phi) is 8.95. The Hall–Kier alpha value is -3.74. The zero-order valence-corrected chi connectivity index (χ0v) is 20.9. The molecule has 3 aromatic carbocycles. The molecule has 1 unspecified atom stereocenters. The maximum absolute atomic E-state index is 9.47. The van der Waals surface area contributed by atoms with Gasteiger partial charge in [0.1, 0.15) is 5.75 Å². The Morgan fingerprint density at radius 2 is 1.66 bits per heavy atom. The first-order valence-electron chi connectivity index (χ1n) is 11.6. The van der Waals surface area contributed by atoms with Crippen molar-refractivity contribution in [2.45, 2.75) is 39.8 Å². The smallest absolute Gasteiger partial charge is 0.139 e. The first kappa shape index (κ1) is 25.9. The van der Waals surface area contributed by atoms with Crippen molar-refractivity contribution in [3.63, 3.8) is 0 Å². The second-order valence-electron chi connectivity index (χ2n) is 8.69. The van der Waals surface area contributed by atoms with Gasteiger partial charge in [-0.15, -0.1) is 0 Å². The second-order valence-corrected chi connectivity index (χ2v) is 8.69. The van der Waals surface area contributed by atoms with Crippen molar-refractivity contribution in [1.82, 2.24) is 5.06 Å². The number of benzene rings is 3. The summed E-state index contributed by atoms with van der Waals surface area (Å²) in [5.41, 5.74) is 13.6.